The summed E-state index contributed by atoms with van der Waals surface area (Å²) in [6.07, 6.45) is 5.40. The molecule has 7 heteroatoms. The maximum atomic E-state index is 9.61. The Kier molecular flexibility index (Phi) is 3.53. The van der Waals surface area contributed by atoms with E-state index >= 15 is 0 Å². The van der Waals surface area contributed by atoms with Gasteiger partial charge >= 0.3 is 0 Å². The SMILES string of the molecule is OC1CCN(c2ccc(-c3noc(C4CC45CCOC5)n3)cn2)CC1. The number of aromatic nitrogens is 3. The minimum Gasteiger partial charge on any atom is -0.393 e. The fourth-order valence-corrected chi connectivity index (χ4v) is 4.05. The standard InChI is InChI=1S/C18H22N4O3/c23-13-3-6-22(7-4-13)15-2-1-12(10-19-15)16-20-17(25-21-16)14-9-18(14)5-8-24-11-18/h1-2,10,13-14,23H,3-9,11H2. The van der Waals surface area contributed by atoms with Gasteiger partial charge in [-0.3, -0.25) is 0 Å². The van der Waals surface area contributed by atoms with E-state index < -0.39 is 0 Å². The first-order chi connectivity index (χ1) is 12.2. The second-order valence-corrected chi connectivity index (χ2v) is 7.50. The molecule has 1 aliphatic carbocycles. The van der Waals surface area contributed by atoms with E-state index in [2.05, 4.69) is 20.0 Å². The van der Waals surface area contributed by atoms with Gasteiger partial charge < -0.3 is 19.3 Å². The lowest BCUT2D eigenvalue weighted by atomic mass is 10.0. The van der Waals surface area contributed by atoms with Gasteiger partial charge in [0.05, 0.1) is 12.7 Å². The quantitative estimate of drug-likeness (QED) is 0.913. The van der Waals surface area contributed by atoms with E-state index in [-0.39, 0.29) is 11.5 Å². The molecule has 3 aliphatic rings. The molecule has 0 amide bonds. The van der Waals surface area contributed by atoms with Crippen molar-refractivity contribution in [1.82, 2.24) is 15.1 Å². The first kappa shape index (κ1) is 15.3. The first-order valence-electron chi connectivity index (χ1n) is 9.04. The van der Waals surface area contributed by atoms with E-state index in [4.69, 9.17) is 9.26 Å². The maximum Gasteiger partial charge on any atom is 0.230 e. The number of hydrogen-bond acceptors (Lipinski definition) is 7. The Balaban J connectivity index is 1.29. The summed E-state index contributed by atoms with van der Waals surface area (Å²) < 4.78 is 11.0. The van der Waals surface area contributed by atoms with Crippen LogP contribution >= 0.6 is 0 Å². The lowest BCUT2D eigenvalue weighted by Gasteiger charge is -2.30. The van der Waals surface area contributed by atoms with Crippen molar-refractivity contribution in [3.8, 4) is 11.4 Å². The van der Waals surface area contributed by atoms with Crippen LogP contribution in [0.15, 0.2) is 22.9 Å². The Morgan fingerprint density at radius 3 is 2.84 bits per heavy atom. The van der Waals surface area contributed by atoms with Gasteiger partial charge in [0.15, 0.2) is 0 Å². The summed E-state index contributed by atoms with van der Waals surface area (Å²) in [7, 11) is 0. The molecule has 5 rings (SSSR count). The summed E-state index contributed by atoms with van der Waals surface area (Å²) in [6, 6.07) is 3.98. The van der Waals surface area contributed by atoms with Crippen LogP contribution in [0.1, 0.15) is 37.5 Å². The van der Waals surface area contributed by atoms with Crippen molar-refractivity contribution in [2.75, 3.05) is 31.2 Å². The van der Waals surface area contributed by atoms with Crippen LogP contribution in [-0.2, 0) is 4.74 Å². The van der Waals surface area contributed by atoms with Gasteiger partial charge in [-0.15, -0.1) is 0 Å². The van der Waals surface area contributed by atoms with Gasteiger partial charge in [0.1, 0.15) is 5.82 Å². The summed E-state index contributed by atoms with van der Waals surface area (Å²) in [5.74, 6) is 2.62. The van der Waals surface area contributed by atoms with Crippen molar-refractivity contribution in [1.29, 1.82) is 0 Å². The van der Waals surface area contributed by atoms with Crippen LogP contribution < -0.4 is 4.90 Å². The van der Waals surface area contributed by atoms with Crippen LogP contribution in [0, 0.1) is 5.41 Å². The van der Waals surface area contributed by atoms with Crippen LogP contribution in [-0.4, -0.2) is 52.6 Å². The molecular weight excluding hydrogens is 320 g/mol. The van der Waals surface area contributed by atoms with E-state index in [1.54, 1.807) is 6.20 Å². The van der Waals surface area contributed by atoms with Gasteiger partial charge in [-0.05, 0) is 37.8 Å². The van der Waals surface area contributed by atoms with Crippen molar-refractivity contribution < 1.29 is 14.4 Å². The average Bonchev–Trinajstić information content (AvgIpc) is 3.00. The molecule has 2 unspecified atom stereocenters. The van der Waals surface area contributed by atoms with Crippen molar-refractivity contribution in [3.05, 3.63) is 24.2 Å². The Bertz CT molecular complexity index is 746. The van der Waals surface area contributed by atoms with Gasteiger partial charge in [0.2, 0.25) is 11.7 Å². The van der Waals surface area contributed by atoms with Crippen molar-refractivity contribution >= 4 is 5.82 Å². The number of anilines is 1. The fourth-order valence-electron chi connectivity index (χ4n) is 4.05. The Hall–Kier alpha value is -1.99. The highest BCUT2D eigenvalue weighted by Crippen LogP contribution is 2.63. The number of hydrogen-bond donors (Lipinski definition) is 1. The van der Waals surface area contributed by atoms with E-state index in [0.29, 0.717) is 11.7 Å². The third-order valence-electron chi connectivity index (χ3n) is 5.86. The number of aliphatic hydroxyl groups is 1. The monoisotopic (exact) mass is 342 g/mol. The Morgan fingerprint density at radius 2 is 2.12 bits per heavy atom. The van der Waals surface area contributed by atoms with E-state index in [0.717, 1.165) is 69.3 Å². The molecule has 1 saturated carbocycles. The second kappa shape index (κ2) is 5.78. The van der Waals surface area contributed by atoms with E-state index in [1.807, 2.05) is 12.1 Å². The maximum absolute atomic E-state index is 9.61. The minimum atomic E-state index is -0.177. The lowest BCUT2D eigenvalue weighted by Crippen LogP contribution is -2.36. The number of pyridine rings is 1. The molecule has 2 atom stereocenters. The van der Waals surface area contributed by atoms with Gasteiger partial charge in [-0.25, -0.2) is 4.98 Å². The molecule has 25 heavy (non-hydrogen) atoms. The van der Waals surface area contributed by atoms with Gasteiger partial charge in [-0.2, -0.15) is 4.98 Å². The molecule has 4 heterocycles. The van der Waals surface area contributed by atoms with Crippen LogP contribution in [0.3, 0.4) is 0 Å². The van der Waals surface area contributed by atoms with Crippen LogP contribution in [0.5, 0.6) is 0 Å². The fraction of sp³-hybridized carbons (Fsp3) is 0.611. The topological polar surface area (TPSA) is 84.5 Å². The smallest absolute Gasteiger partial charge is 0.230 e. The lowest BCUT2D eigenvalue weighted by molar-refractivity contribution is 0.145. The summed E-state index contributed by atoms with van der Waals surface area (Å²) in [5, 5.41) is 13.8. The van der Waals surface area contributed by atoms with Crippen LogP contribution in [0.4, 0.5) is 5.82 Å². The molecular formula is C18H22N4O3. The van der Waals surface area contributed by atoms with Crippen molar-refractivity contribution in [3.63, 3.8) is 0 Å². The molecule has 132 valence electrons. The second-order valence-electron chi connectivity index (χ2n) is 7.50. The highest BCUT2D eigenvalue weighted by Gasteiger charge is 2.59. The average molecular weight is 342 g/mol. The molecule has 0 aromatic carbocycles. The van der Waals surface area contributed by atoms with Crippen LogP contribution in [0.25, 0.3) is 11.4 Å². The van der Waals surface area contributed by atoms with Gasteiger partial charge in [-0.1, -0.05) is 5.16 Å². The zero-order chi connectivity index (χ0) is 16.9. The predicted molar refractivity (Wildman–Crippen MR) is 90.2 cm³/mol. The third-order valence-corrected chi connectivity index (χ3v) is 5.86. The zero-order valence-electron chi connectivity index (χ0n) is 14.1. The predicted octanol–water partition coefficient (Wildman–Crippen LogP) is 1.99. The molecule has 2 aliphatic heterocycles. The molecule has 7 nitrogen and oxygen atoms in total. The normalized spacial score (nSPS) is 29.5. The molecule has 1 spiro atoms. The molecule has 3 fully saturated rings. The first-order valence-corrected chi connectivity index (χ1v) is 9.04. The van der Waals surface area contributed by atoms with E-state index in [1.165, 1.54) is 0 Å². The largest absolute Gasteiger partial charge is 0.393 e. The van der Waals surface area contributed by atoms with Gasteiger partial charge in [0, 0.05) is 42.8 Å². The molecule has 0 bridgehead atoms. The Morgan fingerprint density at radius 1 is 1.24 bits per heavy atom. The number of aliphatic hydroxyl groups excluding tert-OH is 1. The van der Waals surface area contributed by atoms with E-state index in [9.17, 15) is 5.11 Å². The van der Waals surface area contributed by atoms with Crippen LogP contribution in [0.2, 0.25) is 0 Å². The molecule has 1 N–H and O–H groups in total. The number of nitrogens with zero attached hydrogens (tertiary/aromatic N) is 4. The Labute approximate surface area is 146 Å². The molecule has 2 aromatic heterocycles. The van der Waals surface area contributed by atoms with Crippen molar-refractivity contribution in [2.24, 2.45) is 5.41 Å². The summed E-state index contributed by atoms with van der Waals surface area (Å²) in [6.45, 7) is 3.34. The minimum absolute atomic E-state index is 0.177. The molecule has 2 aromatic rings. The summed E-state index contributed by atoms with van der Waals surface area (Å²) >= 11 is 0. The summed E-state index contributed by atoms with van der Waals surface area (Å²) in [4.78, 5) is 11.3. The van der Waals surface area contributed by atoms with Crippen molar-refractivity contribution in [2.45, 2.75) is 37.7 Å². The number of piperidine rings is 1. The van der Waals surface area contributed by atoms with Gasteiger partial charge in [0.25, 0.3) is 0 Å². The molecule has 0 radical (unpaired) electrons. The number of rotatable bonds is 3. The highest BCUT2D eigenvalue weighted by atomic mass is 16.5. The third kappa shape index (κ3) is 2.71. The zero-order valence-corrected chi connectivity index (χ0v) is 14.1. The molecule has 2 saturated heterocycles. The summed E-state index contributed by atoms with van der Waals surface area (Å²) in [5.41, 5.74) is 1.12. The highest BCUT2D eigenvalue weighted by molar-refractivity contribution is 5.56. The number of ether oxygens (including phenoxy) is 1.